The van der Waals surface area contributed by atoms with E-state index in [1.807, 2.05) is 42.5 Å². The Bertz CT molecular complexity index is 1170. The maximum atomic E-state index is 12.4. The van der Waals surface area contributed by atoms with E-state index in [-0.39, 0.29) is 11.7 Å². The van der Waals surface area contributed by atoms with Gasteiger partial charge in [0.05, 0.1) is 12.2 Å². The lowest BCUT2D eigenvalue weighted by Gasteiger charge is -2.27. The lowest BCUT2D eigenvalue weighted by molar-refractivity contribution is 0.0930. The first kappa shape index (κ1) is 22.1. The third-order valence-corrected chi connectivity index (χ3v) is 6.00. The summed E-state index contributed by atoms with van der Waals surface area (Å²) in [4.78, 5) is 23.9. The molecule has 1 unspecified atom stereocenters. The lowest BCUT2D eigenvalue weighted by atomic mass is 9.93. The van der Waals surface area contributed by atoms with E-state index >= 15 is 0 Å². The molecule has 1 aliphatic heterocycles. The average molecular weight is 494 g/mol. The number of rotatable bonds is 6. The van der Waals surface area contributed by atoms with E-state index in [4.69, 9.17) is 15.2 Å². The first-order valence-corrected chi connectivity index (χ1v) is 11.3. The maximum Gasteiger partial charge on any atom is 0.248 e. The molecule has 0 aliphatic carbocycles. The van der Waals surface area contributed by atoms with Crippen molar-refractivity contribution in [1.82, 2.24) is 0 Å². The van der Waals surface area contributed by atoms with Crippen LogP contribution < -0.4 is 15.2 Å². The van der Waals surface area contributed by atoms with Gasteiger partial charge in [-0.25, -0.2) is 0 Å². The summed E-state index contributed by atoms with van der Waals surface area (Å²) in [6, 6.07) is 18.6. The number of fused-ring (bicyclic) bond motifs is 1. The summed E-state index contributed by atoms with van der Waals surface area (Å²) in [6.45, 7) is 4.49. The predicted octanol–water partition coefficient (Wildman–Crippen LogP) is 5.81. The van der Waals surface area contributed by atoms with Gasteiger partial charge in [0, 0.05) is 22.0 Å². The van der Waals surface area contributed by atoms with Crippen LogP contribution in [-0.4, -0.2) is 18.3 Å². The molecule has 4 rings (SSSR count). The maximum absolute atomic E-state index is 12.4. The largest absolute Gasteiger partial charge is 0.492 e. The number of Topliss-reactive ketones (excluding diaryl/α,β-unsaturated/α-hetero) is 1. The Morgan fingerprint density at radius 3 is 2.47 bits per heavy atom. The smallest absolute Gasteiger partial charge is 0.248 e. The van der Waals surface area contributed by atoms with Crippen LogP contribution in [0.25, 0.3) is 0 Å². The molecule has 5 nitrogen and oxygen atoms in total. The molecule has 1 amide bonds. The van der Waals surface area contributed by atoms with Gasteiger partial charge in [-0.2, -0.15) is 0 Å². The molecule has 1 aliphatic rings. The molecule has 164 valence electrons. The standard InChI is InChI=1S/C26H24BrNO4/c1-15(2)23-22(11-10-20-21(29)12-13-31-25(20)23)32-24(18-4-3-5-19(27)14-18)16-6-8-17(9-7-16)26(28)30/h3-11,14-15,24H,12-13H2,1-2H3,(H2,28,30). The van der Waals surface area contributed by atoms with E-state index in [2.05, 4.69) is 29.8 Å². The van der Waals surface area contributed by atoms with Gasteiger partial charge in [-0.3, -0.25) is 9.59 Å². The first-order valence-electron chi connectivity index (χ1n) is 10.5. The van der Waals surface area contributed by atoms with Gasteiger partial charge in [0.15, 0.2) is 5.78 Å². The monoisotopic (exact) mass is 493 g/mol. The molecule has 3 aromatic carbocycles. The van der Waals surface area contributed by atoms with Crippen LogP contribution in [0.1, 0.15) is 69.7 Å². The molecule has 1 atom stereocenters. The minimum atomic E-state index is -0.477. The van der Waals surface area contributed by atoms with Gasteiger partial charge in [-0.1, -0.05) is 54.0 Å². The normalized spacial score (nSPS) is 13.9. The molecule has 0 saturated heterocycles. The van der Waals surface area contributed by atoms with Crippen molar-refractivity contribution in [3.63, 3.8) is 0 Å². The fraction of sp³-hybridized carbons (Fsp3) is 0.231. The van der Waals surface area contributed by atoms with Crippen LogP contribution in [0, 0.1) is 0 Å². The highest BCUT2D eigenvalue weighted by molar-refractivity contribution is 9.10. The second-order valence-corrected chi connectivity index (χ2v) is 8.99. The zero-order valence-electron chi connectivity index (χ0n) is 17.9. The number of hydrogen-bond donors (Lipinski definition) is 1. The van der Waals surface area contributed by atoms with Gasteiger partial charge in [-0.15, -0.1) is 0 Å². The van der Waals surface area contributed by atoms with E-state index in [1.54, 1.807) is 18.2 Å². The number of nitrogens with two attached hydrogens (primary N) is 1. The fourth-order valence-corrected chi connectivity index (χ4v) is 4.35. The summed E-state index contributed by atoms with van der Waals surface area (Å²) in [5, 5.41) is 0. The molecule has 0 saturated carbocycles. The Hall–Kier alpha value is -3.12. The van der Waals surface area contributed by atoms with Crippen molar-refractivity contribution in [1.29, 1.82) is 0 Å². The molecule has 6 heteroatoms. The van der Waals surface area contributed by atoms with Crippen molar-refractivity contribution < 1.29 is 19.1 Å². The van der Waals surface area contributed by atoms with Gasteiger partial charge in [0.1, 0.15) is 17.6 Å². The fourth-order valence-electron chi connectivity index (χ4n) is 3.93. The van der Waals surface area contributed by atoms with E-state index in [9.17, 15) is 9.59 Å². The first-order chi connectivity index (χ1) is 15.3. The van der Waals surface area contributed by atoms with Crippen molar-refractivity contribution >= 4 is 27.6 Å². The highest BCUT2D eigenvalue weighted by Crippen LogP contribution is 2.42. The number of carbonyl (C=O) groups excluding carboxylic acids is 2. The Morgan fingerprint density at radius 1 is 1.06 bits per heavy atom. The number of hydrogen-bond acceptors (Lipinski definition) is 4. The second-order valence-electron chi connectivity index (χ2n) is 8.07. The summed E-state index contributed by atoms with van der Waals surface area (Å²) < 4.78 is 13.5. The number of primary amides is 1. The van der Waals surface area contributed by atoms with E-state index < -0.39 is 12.0 Å². The summed E-state index contributed by atoms with van der Waals surface area (Å²) in [5.41, 5.74) is 9.14. The number of ether oxygens (including phenoxy) is 2. The van der Waals surface area contributed by atoms with Gasteiger partial charge < -0.3 is 15.2 Å². The van der Waals surface area contributed by atoms with Crippen molar-refractivity contribution in [3.05, 3.63) is 93.0 Å². The van der Waals surface area contributed by atoms with Crippen molar-refractivity contribution in [2.45, 2.75) is 32.3 Å². The van der Waals surface area contributed by atoms with E-state index in [1.165, 1.54) is 0 Å². The number of amides is 1. The van der Waals surface area contributed by atoms with Crippen LogP contribution in [0.15, 0.2) is 65.1 Å². The van der Waals surface area contributed by atoms with Crippen LogP contribution in [0.3, 0.4) is 0 Å². The summed E-state index contributed by atoms with van der Waals surface area (Å²) in [5.74, 6) is 0.981. The SMILES string of the molecule is CC(C)c1c(OC(c2ccc(C(N)=O)cc2)c2cccc(Br)c2)ccc2c1OCCC2=O. The van der Waals surface area contributed by atoms with Crippen LogP contribution in [0.4, 0.5) is 0 Å². The van der Waals surface area contributed by atoms with Crippen LogP contribution >= 0.6 is 15.9 Å². The summed E-state index contributed by atoms with van der Waals surface area (Å²) >= 11 is 3.54. The van der Waals surface area contributed by atoms with Gasteiger partial charge in [0.2, 0.25) is 5.91 Å². The molecule has 0 fully saturated rings. The number of carbonyl (C=O) groups is 2. The van der Waals surface area contributed by atoms with Gasteiger partial charge in [-0.05, 0) is 53.4 Å². The molecule has 32 heavy (non-hydrogen) atoms. The second kappa shape index (κ2) is 9.17. The van der Waals surface area contributed by atoms with E-state index in [0.29, 0.717) is 35.7 Å². The molecule has 1 heterocycles. The average Bonchev–Trinajstić information content (AvgIpc) is 2.77. The van der Waals surface area contributed by atoms with Gasteiger partial charge >= 0.3 is 0 Å². The third-order valence-electron chi connectivity index (χ3n) is 5.50. The number of halogens is 1. The summed E-state index contributed by atoms with van der Waals surface area (Å²) in [7, 11) is 0. The van der Waals surface area contributed by atoms with Crippen molar-refractivity contribution in [3.8, 4) is 11.5 Å². The van der Waals surface area contributed by atoms with Gasteiger partial charge in [0.25, 0.3) is 0 Å². The molecule has 0 radical (unpaired) electrons. The number of benzene rings is 3. The minimum Gasteiger partial charge on any atom is -0.492 e. The molecule has 3 aromatic rings. The Labute approximate surface area is 195 Å². The minimum absolute atomic E-state index is 0.0882. The number of ketones is 1. The zero-order valence-corrected chi connectivity index (χ0v) is 19.5. The topological polar surface area (TPSA) is 78.6 Å². The Morgan fingerprint density at radius 2 is 1.81 bits per heavy atom. The molecule has 0 bridgehead atoms. The highest BCUT2D eigenvalue weighted by atomic mass is 79.9. The molecule has 2 N–H and O–H groups in total. The quantitative estimate of drug-likeness (QED) is 0.470. The molecule has 0 aromatic heterocycles. The molecule has 0 spiro atoms. The van der Waals surface area contributed by atoms with Crippen molar-refractivity contribution in [2.75, 3.05) is 6.61 Å². The Balaban J connectivity index is 1.81. The highest BCUT2D eigenvalue weighted by Gasteiger charge is 2.27. The third kappa shape index (κ3) is 4.41. The molecular formula is C26H24BrNO4. The Kier molecular flexibility index (Phi) is 6.33. The zero-order chi connectivity index (χ0) is 22.8. The summed E-state index contributed by atoms with van der Waals surface area (Å²) in [6.07, 6.45) is -0.0540. The van der Waals surface area contributed by atoms with Crippen LogP contribution in [-0.2, 0) is 0 Å². The van der Waals surface area contributed by atoms with Crippen LogP contribution in [0.2, 0.25) is 0 Å². The lowest BCUT2D eigenvalue weighted by Crippen LogP contribution is -2.18. The van der Waals surface area contributed by atoms with Crippen LogP contribution in [0.5, 0.6) is 11.5 Å². The van der Waals surface area contributed by atoms with E-state index in [0.717, 1.165) is 21.2 Å². The van der Waals surface area contributed by atoms with Crippen molar-refractivity contribution in [2.24, 2.45) is 5.73 Å². The molecular weight excluding hydrogens is 470 g/mol. The predicted molar refractivity (Wildman–Crippen MR) is 127 cm³/mol.